The van der Waals surface area contributed by atoms with E-state index in [-0.39, 0.29) is 36.4 Å². The number of piperidine rings is 1. The van der Waals surface area contributed by atoms with Crippen LogP contribution in [0.15, 0.2) is 35.3 Å². The van der Waals surface area contributed by atoms with Crippen molar-refractivity contribution in [1.29, 1.82) is 0 Å². The highest BCUT2D eigenvalue weighted by atomic mass is 127. The number of aliphatic imine (C=N–C) groups is 1. The number of hydrogen-bond acceptors (Lipinski definition) is 3. The van der Waals surface area contributed by atoms with Gasteiger partial charge in [-0.25, -0.2) is 4.99 Å². The largest absolute Gasteiger partial charge is 0.356 e. The van der Waals surface area contributed by atoms with Crippen molar-refractivity contribution >= 4 is 35.8 Å². The Morgan fingerprint density at radius 2 is 1.76 bits per heavy atom. The molecule has 1 aliphatic rings. The Balaban J connectivity index is 0.00000420. The summed E-state index contributed by atoms with van der Waals surface area (Å²) in [5.41, 5.74) is 1.29. The second-order valence-electron chi connectivity index (χ2n) is 7.78. The van der Waals surface area contributed by atoms with Crippen LogP contribution < -0.4 is 10.6 Å². The summed E-state index contributed by atoms with van der Waals surface area (Å²) in [4.78, 5) is 20.5. The fourth-order valence-corrected chi connectivity index (χ4v) is 3.37. The molecule has 0 bridgehead atoms. The van der Waals surface area contributed by atoms with Crippen molar-refractivity contribution in [3.63, 3.8) is 0 Å². The first-order valence-corrected chi connectivity index (χ1v) is 10.6. The molecule has 164 valence electrons. The van der Waals surface area contributed by atoms with Gasteiger partial charge in [0.05, 0.1) is 0 Å². The van der Waals surface area contributed by atoms with Crippen LogP contribution in [0.5, 0.6) is 0 Å². The monoisotopic (exact) mass is 515 g/mol. The third kappa shape index (κ3) is 10.3. The topological polar surface area (TPSA) is 60.0 Å². The van der Waals surface area contributed by atoms with Gasteiger partial charge in [0, 0.05) is 33.2 Å². The number of likely N-dealkylation sites (tertiary alicyclic amines) is 1. The van der Waals surface area contributed by atoms with Crippen molar-refractivity contribution in [2.75, 3.05) is 46.8 Å². The van der Waals surface area contributed by atoms with Gasteiger partial charge in [-0.15, -0.1) is 24.0 Å². The van der Waals surface area contributed by atoms with Crippen molar-refractivity contribution in [2.45, 2.75) is 45.1 Å². The van der Waals surface area contributed by atoms with Crippen molar-refractivity contribution in [3.05, 3.63) is 35.9 Å². The van der Waals surface area contributed by atoms with E-state index < -0.39 is 0 Å². The van der Waals surface area contributed by atoms with Gasteiger partial charge in [-0.2, -0.15) is 0 Å². The number of likely N-dealkylation sites (N-methyl/N-ethyl adjacent to an activating group) is 1. The lowest BCUT2D eigenvalue weighted by Gasteiger charge is -2.32. The molecule has 0 aliphatic carbocycles. The lowest BCUT2D eigenvalue weighted by molar-refractivity contribution is -0.127. The Bertz CT molecular complexity index is 602. The van der Waals surface area contributed by atoms with Crippen molar-refractivity contribution in [2.24, 2.45) is 4.99 Å². The number of rotatable bonds is 9. The third-order valence-corrected chi connectivity index (χ3v) is 5.29. The minimum Gasteiger partial charge on any atom is -0.356 e. The first kappa shape index (κ1) is 25.7. The van der Waals surface area contributed by atoms with Crippen LogP contribution in [-0.4, -0.2) is 74.5 Å². The van der Waals surface area contributed by atoms with Gasteiger partial charge in [-0.05, 0) is 51.3 Å². The maximum Gasteiger partial charge on any atom is 0.243 e. The summed E-state index contributed by atoms with van der Waals surface area (Å²) in [6, 6.07) is 11.0. The molecule has 1 heterocycles. The quantitative estimate of drug-likeness (QED) is 0.302. The van der Waals surface area contributed by atoms with Crippen LogP contribution in [0.1, 0.15) is 38.2 Å². The van der Waals surface area contributed by atoms with E-state index in [2.05, 4.69) is 51.7 Å². The molecule has 7 heteroatoms. The Hall–Kier alpha value is -1.35. The van der Waals surface area contributed by atoms with E-state index in [0.29, 0.717) is 6.04 Å². The SMILES string of the molecule is CC(CCNC(=NCC(=O)N(C)C)NCCc1ccccc1)N1CCCCC1.I. The fourth-order valence-electron chi connectivity index (χ4n) is 3.37. The average molecular weight is 515 g/mol. The minimum atomic E-state index is 0. The summed E-state index contributed by atoms with van der Waals surface area (Å²) in [7, 11) is 3.52. The van der Waals surface area contributed by atoms with Crippen LogP contribution in [-0.2, 0) is 11.2 Å². The number of hydrogen-bond donors (Lipinski definition) is 2. The van der Waals surface area contributed by atoms with Gasteiger partial charge in [0.1, 0.15) is 6.54 Å². The summed E-state index contributed by atoms with van der Waals surface area (Å²) in [5, 5.41) is 6.78. The van der Waals surface area contributed by atoms with E-state index in [4.69, 9.17) is 0 Å². The molecule has 0 radical (unpaired) electrons. The van der Waals surface area contributed by atoms with Gasteiger partial charge >= 0.3 is 0 Å². The summed E-state index contributed by atoms with van der Waals surface area (Å²) in [6.07, 6.45) is 5.99. The van der Waals surface area contributed by atoms with Crippen LogP contribution in [0, 0.1) is 0 Å². The van der Waals surface area contributed by atoms with Gasteiger partial charge in [-0.1, -0.05) is 36.8 Å². The molecule has 1 aromatic rings. The number of nitrogens with zero attached hydrogens (tertiary/aromatic N) is 3. The lowest BCUT2D eigenvalue weighted by Crippen LogP contribution is -2.43. The lowest BCUT2D eigenvalue weighted by atomic mass is 10.1. The van der Waals surface area contributed by atoms with Crippen LogP contribution >= 0.6 is 24.0 Å². The predicted molar refractivity (Wildman–Crippen MR) is 132 cm³/mol. The predicted octanol–water partition coefficient (Wildman–Crippen LogP) is 2.74. The number of guanidine groups is 1. The molecule has 1 atom stereocenters. The van der Waals surface area contributed by atoms with E-state index in [1.807, 2.05) is 6.07 Å². The molecule has 1 amide bonds. The molecule has 1 saturated heterocycles. The van der Waals surface area contributed by atoms with Crippen molar-refractivity contribution in [3.8, 4) is 0 Å². The number of benzene rings is 1. The summed E-state index contributed by atoms with van der Waals surface area (Å²) in [5.74, 6) is 0.725. The second kappa shape index (κ2) is 14.6. The standard InChI is InChI=1S/C22H37N5O.HI/c1-19(27-16-8-5-9-17-27)12-14-23-22(25-18-21(28)26(2)3)24-15-13-20-10-6-4-7-11-20;/h4,6-7,10-11,19H,5,8-9,12-18H2,1-3H3,(H2,23,24,25);1H. The third-order valence-electron chi connectivity index (χ3n) is 5.29. The highest BCUT2D eigenvalue weighted by molar-refractivity contribution is 14.0. The molecule has 1 fully saturated rings. The van der Waals surface area contributed by atoms with E-state index in [1.165, 1.54) is 37.9 Å². The minimum absolute atomic E-state index is 0. The van der Waals surface area contributed by atoms with Gasteiger partial charge in [0.15, 0.2) is 5.96 Å². The Morgan fingerprint density at radius 1 is 1.10 bits per heavy atom. The molecule has 2 N–H and O–H groups in total. The average Bonchev–Trinajstić information content (AvgIpc) is 2.72. The van der Waals surface area contributed by atoms with Gasteiger partial charge in [0.25, 0.3) is 0 Å². The van der Waals surface area contributed by atoms with Crippen molar-refractivity contribution < 1.29 is 4.79 Å². The summed E-state index contributed by atoms with van der Waals surface area (Å²) < 4.78 is 0. The zero-order chi connectivity index (χ0) is 20.2. The highest BCUT2D eigenvalue weighted by Gasteiger charge is 2.16. The molecule has 6 nitrogen and oxygen atoms in total. The fraction of sp³-hybridized carbons (Fsp3) is 0.636. The maximum absolute atomic E-state index is 11.9. The van der Waals surface area contributed by atoms with Crippen molar-refractivity contribution in [1.82, 2.24) is 20.4 Å². The molecule has 0 spiro atoms. The van der Waals surface area contributed by atoms with E-state index >= 15 is 0 Å². The normalized spacial score (nSPS) is 15.9. The number of carbonyl (C=O) groups excluding carboxylic acids is 1. The number of carbonyl (C=O) groups is 1. The highest BCUT2D eigenvalue weighted by Crippen LogP contribution is 2.13. The Labute approximate surface area is 193 Å². The maximum atomic E-state index is 11.9. The molecule has 1 unspecified atom stereocenters. The van der Waals surface area contributed by atoms with E-state index in [9.17, 15) is 4.79 Å². The van der Waals surface area contributed by atoms with Crippen LogP contribution in [0.3, 0.4) is 0 Å². The Morgan fingerprint density at radius 3 is 2.41 bits per heavy atom. The second-order valence-corrected chi connectivity index (χ2v) is 7.78. The zero-order valence-electron chi connectivity index (χ0n) is 18.2. The molecule has 2 rings (SSSR count). The first-order valence-electron chi connectivity index (χ1n) is 10.6. The van der Waals surface area contributed by atoms with Crippen LogP contribution in [0.2, 0.25) is 0 Å². The smallest absolute Gasteiger partial charge is 0.243 e. The van der Waals surface area contributed by atoms with E-state index in [1.54, 1.807) is 19.0 Å². The van der Waals surface area contributed by atoms with Crippen LogP contribution in [0.25, 0.3) is 0 Å². The molecular formula is C22H38IN5O. The van der Waals surface area contributed by atoms with Crippen LogP contribution in [0.4, 0.5) is 0 Å². The molecule has 1 aliphatic heterocycles. The number of nitrogens with one attached hydrogen (secondary N) is 2. The van der Waals surface area contributed by atoms with Gasteiger partial charge in [0.2, 0.25) is 5.91 Å². The Kier molecular flexibility index (Phi) is 12.9. The summed E-state index contributed by atoms with van der Waals surface area (Å²) >= 11 is 0. The molecular weight excluding hydrogens is 477 g/mol. The summed E-state index contributed by atoms with van der Waals surface area (Å²) in [6.45, 7) is 6.54. The van der Waals surface area contributed by atoms with E-state index in [0.717, 1.165) is 31.9 Å². The first-order chi connectivity index (χ1) is 13.6. The van der Waals surface area contributed by atoms with Gasteiger partial charge in [-0.3, -0.25) is 4.79 Å². The molecule has 29 heavy (non-hydrogen) atoms. The molecule has 1 aromatic carbocycles. The zero-order valence-corrected chi connectivity index (χ0v) is 20.5. The number of amides is 1. The molecule has 0 aromatic heterocycles. The molecule has 0 saturated carbocycles. The number of halogens is 1. The van der Waals surface area contributed by atoms with Gasteiger partial charge < -0.3 is 20.4 Å².